The highest BCUT2D eigenvalue weighted by molar-refractivity contribution is 5.31. The van der Waals surface area contributed by atoms with Crippen molar-refractivity contribution < 1.29 is 5.11 Å². The number of para-hydroxylation sites is 1. The summed E-state index contributed by atoms with van der Waals surface area (Å²) in [6, 6.07) is 8.06. The lowest BCUT2D eigenvalue weighted by atomic mass is 10.2. The van der Waals surface area contributed by atoms with Crippen molar-refractivity contribution in [2.45, 2.75) is 19.0 Å². The molecule has 0 aliphatic carbocycles. The molecule has 0 aromatic heterocycles. The number of hydrogen-bond donors (Lipinski definition) is 2. The quantitative estimate of drug-likeness (QED) is 0.779. The molecule has 1 atom stereocenters. The Hall–Kier alpha value is -1.06. The van der Waals surface area contributed by atoms with E-state index >= 15 is 0 Å². The lowest BCUT2D eigenvalue weighted by molar-refractivity contribution is 0.396. The Morgan fingerprint density at radius 2 is 2.27 bits per heavy atom. The number of benzene rings is 1. The molecular formula is C12H18N2O. The Bertz CT molecular complexity index is 327. The van der Waals surface area contributed by atoms with Gasteiger partial charge in [-0.3, -0.25) is 0 Å². The van der Waals surface area contributed by atoms with Gasteiger partial charge in [0.1, 0.15) is 5.75 Å². The minimum absolute atomic E-state index is 0.386. The first-order chi connectivity index (χ1) is 7.25. The van der Waals surface area contributed by atoms with Gasteiger partial charge in [-0.15, -0.1) is 0 Å². The number of aromatic hydroxyl groups is 1. The predicted octanol–water partition coefficient (Wildman–Crippen LogP) is 1.19. The smallest absolute Gasteiger partial charge is 0.120 e. The summed E-state index contributed by atoms with van der Waals surface area (Å²) in [5.74, 6) is 0.386. The van der Waals surface area contributed by atoms with Crippen LogP contribution in [0.5, 0.6) is 5.75 Å². The third-order valence-electron chi connectivity index (χ3n) is 2.96. The Balaban J connectivity index is 1.86. The van der Waals surface area contributed by atoms with Crippen molar-refractivity contribution >= 4 is 0 Å². The average molecular weight is 206 g/mol. The van der Waals surface area contributed by atoms with Crippen molar-refractivity contribution in [3.8, 4) is 5.75 Å². The van der Waals surface area contributed by atoms with E-state index in [1.54, 1.807) is 6.07 Å². The highest BCUT2D eigenvalue weighted by atomic mass is 16.3. The fourth-order valence-electron chi connectivity index (χ4n) is 2.02. The van der Waals surface area contributed by atoms with Gasteiger partial charge in [0.05, 0.1) is 0 Å². The van der Waals surface area contributed by atoms with Gasteiger partial charge in [-0.2, -0.15) is 0 Å². The molecule has 1 aromatic rings. The third-order valence-corrected chi connectivity index (χ3v) is 2.96. The van der Waals surface area contributed by atoms with Crippen molar-refractivity contribution in [2.75, 3.05) is 20.1 Å². The molecule has 0 bridgehead atoms. The van der Waals surface area contributed by atoms with Crippen LogP contribution < -0.4 is 5.32 Å². The first-order valence-corrected chi connectivity index (χ1v) is 5.44. The third kappa shape index (κ3) is 2.70. The summed E-state index contributed by atoms with van der Waals surface area (Å²) in [6.45, 7) is 3.03. The summed E-state index contributed by atoms with van der Waals surface area (Å²) in [5, 5.41) is 13.1. The number of phenolic OH excluding ortho intramolecular Hbond substituents is 1. The van der Waals surface area contributed by atoms with Crippen molar-refractivity contribution in [3.05, 3.63) is 29.8 Å². The maximum Gasteiger partial charge on any atom is 0.120 e. The number of nitrogens with one attached hydrogen (secondary N) is 1. The monoisotopic (exact) mass is 206 g/mol. The van der Waals surface area contributed by atoms with Crippen LogP contribution in [0.3, 0.4) is 0 Å². The van der Waals surface area contributed by atoms with Gasteiger partial charge in [-0.05, 0) is 26.1 Å². The van der Waals surface area contributed by atoms with E-state index in [2.05, 4.69) is 17.3 Å². The van der Waals surface area contributed by atoms with Gasteiger partial charge in [0.2, 0.25) is 0 Å². The number of likely N-dealkylation sites (tertiary alicyclic amines) is 1. The molecule has 0 spiro atoms. The minimum Gasteiger partial charge on any atom is -0.508 e. The Kier molecular flexibility index (Phi) is 3.23. The zero-order valence-electron chi connectivity index (χ0n) is 9.11. The molecule has 3 nitrogen and oxygen atoms in total. The Labute approximate surface area is 90.7 Å². The van der Waals surface area contributed by atoms with Gasteiger partial charge in [0, 0.05) is 24.7 Å². The predicted molar refractivity (Wildman–Crippen MR) is 60.8 cm³/mol. The second-order valence-corrected chi connectivity index (χ2v) is 4.26. The lowest BCUT2D eigenvalue weighted by Crippen LogP contribution is -2.30. The van der Waals surface area contributed by atoms with Gasteiger partial charge in [0.25, 0.3) is 0 Å². The standard InChI is InChI=1S/C12H18N2O/c1-14-7-6-11(9-14)13-8-10-4-2-3-5-12(10)15/h2-5,11,13,15H,6-9H2,1H3/t11-/m1/s1. The molecule has 1 aromatic carbocycles. The highest BCUT2D eigenvalue weighted by Gasteiger charge is 2.18. The van der Waals surface area contributed by atoms with Crippen molar-refractivity contribution in [3.63, 3.8) is 0 Å². The molecule has 1 aliphatic rings. The zero-order valence-corrected chi connectivity index (χ0v) is 9.11. The summed E-state index contributed by atoms with van der Waals surface area (Å²) >= 11 is 0. The molecule has 1 aliphatic heterocycles. The summed E-state index contributed by atoms with van der Waals surface area (Å²) < 4.78 is 0. The van der Waals surface area contributed by atoms with Gasteiger partial charge in [0.15, 0.2) is 0 Å². The molecule has 3 heteroatoms. The second-order valence-electron chi connectivity index (χ2n) is 4.26. The molecule has 0 saturated carbocycles. The van der Waals surface area contributed by atoms with Gasteiger partial charge < -0.3 is 15.3 Å². The molecular weight excluding hydrogens is 188 g/mol. The molecule has 82 valence electrons. The van der Waals surface area contributed by atoms with Crippen LogP contribution in [-0.2, 0) is 6.54 Å². The number of phenols is 1. The molecule has 2 rings (SSSR count). The van der Waals surface area contributed by atoms with Crippen LogP contribution in [0.2, 0.25) is 0 Å². The fourth-order valence-corrected chi connectivity index (χ4v) is 2.02. The van der Waals surface area contributed by atoms with E-state index in [1.807, 2.05) is 18.2 Å². The number of likely N-dealkylation sites (N-methyl/N-ethyl adjacent to an activating group) is 1. The van der Waals surface area contributed by atoms with Crippen LogP contribution in [0.15, 0.2) is 24.3 Å². The van der Waals surface area contributed by atoms with Crippen LogP contribution in [0.25, 0.3) is 0 Å². The maximum atomic E-state index is 9.59. The first kappa shape index (κ1) is 10.5. The molecule has 2 N–H and O–H groups in total. The second kappa shape index (κ2) is 4.64. The Morgan fingerprint density at radius 1 is 1.47 bits per heavy atom. The molecule has 15 heavy (non-hydrogen) atoms. The normalized spacial score (nSPS) is 22.1. The van der Waals surface area contributed by atoms with Gasteiger partial charge in [-0.1, -0.05) is 18.2 Å². The van der Waals surface area contributed by atoms with Crippen LogP contribution in [0.1, 0.15) is 12.0 Å². The van der Waals surface area contributed by atoms with Gasteiger partial charge in [-0.25, -0.2) is 0 Å². The van der Waals surface area contributed by atoms with Crippen LogP contribution in [0, 0.1) is 0 Å². The number of rotatable bonds is 3. The van der Waals surface area contributed by atoms with E-state index in [-0.39, 0.29) is 0 Å². The first-order valence-electron chi connectivity index (χ1n) is 5.44. The van der Waals surface area contributed by atoms with Crippen LogP contribution in [-0.4, -0.2) is 36.2 Å². The van der Waals surface area contributed by atoms with Gasteiger partial charge >= 0.3 is 0 Å². The van der Waals surface area contributed by atoms with E-state index in [4.69, 9.17) is 0 Å². The van der Waals surface area contributed by atoms with Crippen molar-refractivity contribution in [2.24, 2.45) is 0 Å². The summed E-state index contributed by atoms with van der Waals surface area (Å²) in [6.07, 6.45) is 1.20. The van der Waals surface area contributed by atoms with E-state index in [0.29, 0.717) is 11.8 Å². The van der Waals surface area contributed by atoms with E-state index in [9.17, 15) is 5.11 Å². The largest absolute Gasteiger partial charge is 0.508 e. The average Bonchev–Trinajstić information content (AvgIpc) is 2.63. The highest BCUT2D eigenvalue weighted by Crippen LogP contribution is 2.16. The van der Waals surface area contributed by atoms with Crippen LogP contribution >= 0.6 is 0 Å². The maximum absolute atomic E-state index is 9.59. The lowest BCUT2D eigenvalue weighted by Gasteiger charge is -2.13. The SMILES string of the molecule is CN1CC[C@@H](NCc2ccccc2O)C1. The Morgan fingerprint density at radius 3 is 2.93 bits per heavy atom. The van der Waals surface area contributed by atoms with E-state index in [0.717, 1.165) is 18.7 Å². The summed E-state index contributed by atoms with van der Waals surface area (Å²) in [5.41, 5.74) is 0.979. The summed E-state index contributed by atoms with van der Waals surface area (Å²) in [4.78, 5) is 2.32. The molecule has 1 fully saturated rings. The molecule has 0 radical (unpaired) electrons. The van der Waals surface area contributed by atoms with Crippen molar-refractivity contribution in [1.29, 1.82) is 0 Å². The van der Waals surface area contributed by atoms with E-state index < -0.39 is 0 Å². The molecule has 1 heterocycles. The summed E-state index contributed by atoms with van der Waals surface area (Å²) in [7, 11) is 2.14. The zero-order chi connectivity index (χ0) is 10.7. The minimum atomic E-state index is 0.386. The van der Waals surface area contributed by atoms with Crippen molar-refractivity contribution in [1.82, 2.24) is 10.2 Å². The molecule has 0 amide bonds. The van der Waals surface area contributed by atoms with Crippen LogP contribution in [0.4, 0.5) is 0 Å². The number of hydrogen-bond acceptors (Lipinski definition) is 3. The van der Waals surface area contributed by atoms with E-state index in [1.165, 1.54) is 13.0 Å². The topological polar surface area (TPSA) is 35.5 Å². The fraction of sp³-hybridized carbons (Fsp3) is 0.500. The number of nitrogens with zero attached hydrogens (tertiary/aromatic N) is 1. The molecule has 0 unspecified atom stereocenters. The molecule has 1 saturated heterocycles.